The summed E-state index contributed by atoms with van der Waals surface area (Å²) in [5, 5.41) is 3.25. The fraction of sp³-hybridized carbons (Fsp3) is 0.882. The highest BCUT2D eigenvalue weighted by Gasteiger charge is 2.27. The maximum Gasteiger partial charge on any atom is 0.305 e. The molecule has 1 heterocycles. The van der Waals surface area contributed by atoms with Gasteiger partial charge in [-0.1, -0.05) is 19.3 Å². The summed E-state index contributed by atoms with van der Waals surface area (Å²) in [6.45, 7) is 2.75. The quantitative estimate of drug-likeness (QED) is 0.763. The van der Waals surface area contributed by atoms with Crippen molar-refractivity contribution in [2.24, 2.45) is 5.92 Å². The van der Waals surface area contributed by atoms with E-state index < -0.39 is 0 Å². The zero-order valence-corrected chi connectivity index (χ0v) is 13.8. The van der Waals surface area contributed by atoms with Gasteiger partial charge >= 0.3 is 5.97 Å². The Balaban J connectivity index is 1.69. The Morgan fingerprint density at radius 1 is 1.14 bits per heavy atom. The highest BCUT2D eigenvalue weighted by atomic mass is 16.5. The largest absolute Gasteiger partial charge is 0.469 e. The van der Waals surface area contributed by atoms with Gasteiger partial charge in [0.25, 0.3) is 0 Å². The van der Waals surface area contributed by atoms with Crippen molar-refractivity contribution in [3.63, 3.8) is 0 Å². The first-order valence-electron chi connectivity index (χ1n) is 8.78. The Labute approximate surface area is 133 Å². The predicted molar refractivity (Wildman–Crippen MR) is 85.4 cm³/mol. The fourth-order valence-corrected chi connectivity index (χ4v) is 3.59. The molecular formula is C17H30N2O3. The van der Waals surface area contributed by atoms with Crippen molar-refractivity contribution in [2.45, 2.75) is 63.8 Å². The van der Waals surface area contributed by atoms with Gasteiger partial charge in [0.15, 0.2) is 0 Å². The number of hydrogen-bond donors (Lipinski definition) is 1. The molecule has 0 radical (unpaired) electrons. The summed E-state index contributed by atoms with van der Waals surface area (Å²) in [6, 6.07) is 0.399. The molecule has 0 aromatic rings. The molecule has 1 aliphatic heterocycles. The lowest BCUT2D eigenvalue weighted by Crippen LogP contribution is -2.46. The van der Waals surface area contributed by atoms with E-state index in [0.717, 1.165) is 51.7 Å². The first kappa shape index (κ1) is 17.3. The van der Waals surface area contributed by atoms with Gasteiger partial charge < -0.3 is 15.0 Å². The summed E-state index contributed by atoms with van der Waals surface area (Å²) in [5.41, 5.74) is 0. The van der Waals surface area contributed by atoms with Crippen molar-refractivity contribution >= 4 is 11.9 Å². The lowest BCUT2D eigenvalue weighted by atomic mass is 9.93. The van der Waals surface area contributed by atoms with Crippen LogP contribution in [0.15, 0.2) is 0 Å². The molecule has 2 aliphatic rings. The third-order valence-electron chi connectivity index (χ3n) is 4.91. The second-order valence-corrected chi connectivity index (χ2v) is 6.66. The number of rotatable bonds is 6. The van der Waals surface area contributed by atoms with Crippen LogP contribution in [-0.2, 0) is 14.3 Å². The molecule has 1 saturated carbocycles. The van der Waals surface area contributed by atoms with E-state index in [2.05, 4.69) is 15.0 Å². The molecule has 1 amide bonds. The van der Waals surface area contributed by atoms with Gasteiger partial charge in [-0.3, -0.25) is 9.59 Å². The summed E-state index contributed by atoms with van der Waals surface area (Å²) >= 11 is 0. The van der Waals surface area contributed by atoms with Crippen molar-refractivity contribution in [2.75, 3.05) is 26.7 Å². The van der Waals surface area contributed by atoms with E-state index in [1.165, 1.54) is 26.4 Å². The number of ether oxygens (including phenoxy) is 1. The molecule has 1 aliphatic carbocycles. The second-order valence-electron chi connectivity index (χ2n) is 6.66. The Bertz CT molecular complexity index is 367. The molecule has 0 bridgehead atoms. The van der Waals surface area contributed by atoms with Gasteiger partial charge in [0, 0.05) is 19.0 Å². The predicted octanol–water partition coefficient (Wildman–Crippen LogP) is 2.10. The molecule has 0 unspecified atom stereocenters. The van der Waals surface area contributed by atoms with Crippen LogP contribution in [0.3, 0.4) is 0 Å². The van der Waals surface area contributed by atoms with Crippen molar-refractivity contribution in [3.05, 3.63) is 0 Å². The smallest absolute Gasteiger partial charge is 0.305 e. The summed E-state index contributed by atoms with van der Waals surface area (Å²) in [6.07, 6.45) is 9.42. The first-order valence-corrected chi connectivity index (χ1v) is 8.78. The number of nitrogens with zero attached hydrogens (tertiary/aromatic N) is 1. The highest BCUT2D eigenvalue weighted by molar-refractivity contribution is 5.79. The van der Waals surface area contributed by atoms with E-state index in [9.17, 15) is 9.59 Å². The van der Waals surface area contributed by atoms with E-state index in [4.69, 9.17) is 0 Å². The first-order chi connectivity index (χ1) is 10.7. The van der Waals surface area contributed by atoms with Crippen LogP contribution in [0.2, 0.25) is 0 Å². The van der Waals surface area contributed by atoms with Crippen molar-refractivity contribution in [1.29, 1.82) is 0 Å². The lowest BCUT2D eigenvalue weighted by Gasteiger charge is -2.33. The number of esters is 1. The van der Waals surface area contributed by atoms with Crippen molar-refractivity contribution < 1.29 is 14.3 Å². The zero-order chi connectivity index (χ0) is 15.8. The number of methoxy groups -OCH3 is 1. The normalized spacial score (nSPS) is 24.0. The van der Waals surface area contributed by atoms with Crippen LogP contribution in [0.4, 0.5) is 0 Å². The number of carbonyl (C=O) groups excluding carboxylic acids is 2. The molecule has 0 aromatic carbocycles. The maximum absolute atomic E-state index is 12.4. The SMILES string of the molecule is COC(=O)CCCN1CCC[C@H](C(=O)NC2CCCCC2)C1. The maximum atomic E-state index is 12.4. The van der Waals surface area contributed by atoms with Crippen LogP contribution in [0.5, 0.6) is 0 Å². The summed E-state index contributed by atoms with van der Waals surface area (Å²) < 4.78 is 4.66. The van der Waals surface area contributed by atoms with Crippen LogP contribution < -0.4 is 5.32 Å². The second kappa shape index (κ2) is 9.13. The fourth-order valence-electron chi connectivity index (χ4n) is 3.59. The van der Waals surface area contributed by atoms with Crippen molar-refractivity contribution in [1.82, 2.24) is 10.2 Å². The Morgan fingerprint density at radius 2 is 1.91 bits per heavy atom. The molecular weight excluding hydrogens is 280 g/mol. The third kappa shape index (κ3) is 5.59. The van der Waals surface area contributed by atoms with Crippen LogP contribution in [0.1, 0.15) is 57.8 Å². The molecule has 0 spiro atoms. The van der Waals surface area contributed by atoms with E-state index in [0.29, 0.717) is 12.5 Å². The minimum absolute atomic E-state index is 0.119. The van der Waals surface area contributed by atoms with Gasteiger partial charge in [0.1, 0.15) is 0 Å². The lowest BCUT2D eigenvalue weighted by molar-refractivity contribution is -0.141. The average Bonchev–Trinajstić information content (AvgIpc) is 2.56. The minimum atomic E-state index is -0.149. The highest BCUT2D eigenvalue weighted by Crippen LogP contribution is 2.21. The average molecular weight is 310 g/mol. The van der Waals surface area contributed by atoms with E-state index in [1.807, 2.05) is 0 Å². The topological polar surface area (TPSA) is 58.6 Å². The monoisotopic (exact) mass is 310 g/mol. The molecule has 2 fully saturated rings. The standard InChI is InChI=1S/C17H30N2O3/c1-22-16(20)10-6-12-19-11-5-7-14(13-19)17(21)18-15-8-3-2-4-9-15/h14-15H,2-13H2,1H3,(H,18,21)/t14-/m0/s1. The molecule has 126 valence electrons. The van der Waals surface area contributed by atoms with Crippen LogP contribution >= 0.6 is 0 Å². The molecule has 5 nitrogen and oxygen atoms in total. The summed E-state index contributed by atoms with van der Waals surface area (Å²) in [5.74, 6) is 0.210. The number of likely N-dealkylation sites (tertiary alicyclic amines) is 1. The number of nitrogens with one attached hydrogen (secondary N) is 1. The number of carbonyl (C=O) groups is 2. The zero-order valence-electron chi connectivity index (χ0n) is 13.8. The molecule has 5 heteroatoms. The van der Waals surface area contributed by atoms with Crippen LogP contribution in [0, 0.1) is 5.92 Å². The van der Waals surface area contributed by atoms with Gasteiger partial charge in [0.05, 0.1) is 13.0 Å². The van der Waals surface area contributed by atoms with Gasteiger partial charge in [-0.25, -0.2) is 0 Å². The molecule has 1 N–H and O–H groups in total. The Hall–Kier alpha value is -1.10. The summed E-state index contributed by atoms with van der Waals surface area (Å²) in [7, 11) is 1.43. The van der Waals surface area contributed by atoms with Crippen LogP contribution in [-0.4, -0.2) is 49.6 Å². The Morgan fingerprint density at radius 3 is 2.64 bits per heavy atom. The number of piperidine rings is 1. The number of hydrogen-bond acceptors (Lipinski definition) is 4. The molecule has 2 rings (SSSR count). The molecule has 1 atom stereocenters. The van der Waals surface area contributed by atoms with E-state index in [-0.39, 0.29) is 17.8 Å². The van der Waals surface area contributed by atoms with Gasteiger partial charge in [0.2, 0.25) is 5.91 Å². The third-order valence-corrected chi connectivity index (χ3v) is 4.91. The van der Waals surface area contributed by atoms with Crippen LogP contribution in [0.25, 0.3) is 0 Å². The van der Waals surface area contributed by atoms with Gasteiger partial charge in [-0.15, -0.1) is 0 Å². The van der Waals surface area contributed by atoms with Gasteiger partial charge in [-0.05, 0) is 45.2 Å². The van der Waals surface area contributed by atoms with Gasteiger partial charge in [-0.2, -0.15) is 0 Å². The van der Waals surface area contributed by atoms with Crippen molar-refractivity contribution in [3.8, 4) is 0 Å². The Kier molecular flexibility index (Phi) is 7.16. The van der Waals surface area contributed by atoms with E-state index >= 15 is 0 Å². The molecule has 0 aromatic heterocycles. The number of amides is 1. The molecule has 22 heavy (non-hydrogen) atoms. The summed E-state index contributed by atoms with van der Waals surface area (Å²) in [4.78, 5) is 25.9. The van der Waals surface area contributed by atoms with E-state index in [1.54, 1.807) is 0 Å². The molecule has 1 saturated heterocycles. The minimum Gasteiger partial charge on any atom is -0.469 e.